The van der Waals surface area contributed by atoms with Crippen LogP contribution in [0, 0.1) is 0 Å². The molecule has 3 atom stereocenters. The van der Waals surface area contributed by atoms with Crippen molar-refractivity contribution < 1.29 is 24.9 Å². The van der Waals surface area contributed by atoms with E-state index in [4.69, 9.17) is 25.8 Å². The van der Waals surface area contributed by atoms with Gasteiger partial charge in [-0.1, -0.05) is 0 Å². The quantitative estimate of drug-likeness (QED) is 0.325. The van der Waals surface area contributed by atoms with E-state index in [1.807, 2.05) is 0 Å². The van der Waals surface area contributed by atoms with E-state index >= 15 is 0 Å². The van der Waals surface area contributed by atoms with Crippen molar-refractivity contribution in [2.45, 2.75) is 44.8 Å². The third kappa shape index (κ3) is 4.52. The molecule has 0 saturated heterocycles. The average molecular weight is 207 g/mol. The highest BCUT2D eigenvalue weighted by Gasteiger charge is 2.32. The molecule has 84 valence electrons. The molecule has 0 heterocycles. The number of aliphatic hydroxyl groups excluding tert-OH is 3. The predicted octanol–water partition coefficient (Wildman–Crippen LogP) is -1.67. The van der Waals surface area contributed by atoms with Gasteiger partial charge in [-0.05, 0) is 20.8 Å². The first-order valence-electron chi connectivity index (χ1n) is 4.18. The lowest BCUT2D eigenvalue weighted by Crippen LogP contribution is -2.48. The Labute approximate surface area is 82.3 Å². The number of hydrogen-bond donors (Lipinski definition) is 4. The summed E-state index contributed by atoms with van der Waals surface area (Å²) in [6, 6.07) is 0. The van der Waals surface area contributed by atoms with Gasteiger partial charge in [-0.25, -0.2) is 4.79 Å². The number of carbonyl (C=O) groups excluding carboxylic acids is 1. The van der Waals surface area contributed by atoms with E-state index in [0.717, 1.165) is 0 Å². The molecule has 3 unspecified atom stereocenters. The molecular formula is C8H17NO5. The van der Waals surface area contributed by atoms with Crippen molar-refractivity contribution in [3.05, 3.63) is 0 Å². The number of nitrogens with two attached hydrogens (primary N) is 1. The van der Waals surface area contributed by atoms with E-state index in [-0.39, 0.29) is 0 Å². The van der Waals surface area contributed by atoms with E-state index < -0.39 is 30.0 Å². The Kier molecular flexibility index (Phi) is 4.47. The second-order valence-corrected chi connectivity index (χ2v) is 3.96. The first kappa shape index (κ1) is 13.3. The van der Waals surface area contributed by atoms with E-state index in [1.165, 1.54) is 0 Å². The van der Waals surface area contributed by atoms with Crippen LogP contribution in [0.15, 0.2) is 0 Å². The molecule has 6 nitrogen and oxygen atoms in total. The van der Waals surface area contributed by atoms with Crippen molar-refractivity contribution in [1.82, 2.24) is 0 Å². The van der Waals surface area contributed by atoms with Gasteiger partial charge in [-0.3, -0.25) is 0 Å². The van der Waals surface area contributed by atoms with Crippen molar-refractivity contribution >= 4 is 5.97 Å². The van der Waals surface area contributed by atoms with Crippen molar-refractivity contribution in [2.75, 3.05) is 0 Å². The Morgan fingerprint density at radius 3 is 2.00 bits per heavy atom. The summed E-state index contributed by atoms with van der Waals surface area (Å²) in [6.07, 6.45) is -5.27. The highest BCUT2D eigenvalue weighted by atomic mass is 16.6. The summed E-state index contributed by atoms with van der Waals surface area (Å²) in [4.78, 5) is 11.1. The van der Waals surface area contributed by atoms with E-state index in [1.54, 1.807) is 20.8 Å². The number of ether oxygens (including phenoxy) is 1. The minimum atomic E-state index is -1.84. The summed E-state index contributed by atoms with van der Waals surface area (Å²) >= 11 is 0. The van der Waals surface area contributed by atoms with Gasteiger partial charge in [0.05, 0.1) is 0 Å². The number of aliphatic hydroxyl groups is 3. The van der Waals surface area contributed by atoms with Crippen LogP contribution in [0.2, 0.25) is 0 Å². The number of rotatable bonds is 3. The van der Waals surface area contributed by atoms with Crippen molar-refractivity contribution in [3.63, 3.8) is 0 Å². The van der Waals surface area contributed by atoms with Crippen LogP contribution in [-0.4, -0.2) is 45.3 Å². The first-order chi connectivity index (χ1) is 6.15. The molecule has 0 aliphatic rings. The molecule has 0 aromatic heterocycles. The number of esters is 1. The molecule has 0 rings (SSSR count). The molecule has 0 bridgehead atoms. The predicted molar refractivity (Wildman–Crippen MR) is 48.1 cm³/mol. The van der Waals surface area contributed by atoms with Crippen LogP contribution in [0.1, 0.15) is 20.8 Å². The summed E-state index contributed by atoms with van der Waals surface area (Å²) in [5.41, 5.74) is 4.11. The summed E-state index contributed by atoms with van der Waals surface area (Å²) < 4.78 is 4.76. The largest absolute Gasteiger partial charge is 0.458 e. The second-order valence-electron chi connectivity index (χ2n) is 3.96. The van der Waals surface area contributed by atoms with E-state index in [0.29, 0.717) is 0 Å². The zero-order chi connectivity index (χ0) is 11.5. The van der Waals surface area contributed by atoms with Crippen LogP contribution in [-0.2, 0) is 9.53 Å². The molecule has 5 N–H and O–H groups in total. The summed E-state index contributed by atoms with van der Waals surface area (Å²) in [7, 11) is 0. The molecule has 14 heavy (non-hydrogen) atoms. The summed E-state index contributed by atoms with van der Waals surface area (Å²) in [5.74, 6) is -1.02. The van der Waals surface area contributed by atoms with E-state index in [9.17, 15) is 4.79 Å². The SMILES string of the molecule is CC(C)(C)OC(=O)C(O)C(O)C(N)O. The van der Waals surface area contributed by atoms with Gasteiger partial charge in [-0.15, -0.1) is 0 Å². The van der Waals surface area contributed by atoms with Crippen molar-refractivity contribution in [2.24, 2.45) is 5.73 Å². The molecular weight excluding hydrogens is 190 g/mol. The van der Waals surface area contributed by atoms with Crippen LogP contribution < -0.4 is 5.73 Å². The van der Waals surface area contributed by atoms with E-state index in [2.05, 4.69) is 0 Å². The second kappa shape index (κ2) is 4.70. The van der Waals surface area contributed by atoms with Gasteiger partial charge >= 0.3 is 5.97 Å². The highest BCUT2D eigenvalue weighted by Crippen LogP contribution is 2.10. The van der Waals surface area contributed by atoms with Crippen LogP contribution in [0.4, 0.5) is 0 Å². The third-order valence-electron chi connectivity index (χ3n) is 1.32. The zero-order valence-corrected chi connectivity index (χ0v) is 8.47. The highest BCUT2D eigenvalue weighted by molar-refractivity contribution is 5.75. The third-order valence-corrected chi connectivity index (χ3v) is 1.32. The summed E-state index contributed by atoms with van der Waals surface area (Å²) in [6.45, 7) is 4.84. The maximum absolute atomic E-state index is 11.1. The lowest BCUT2D eigenvalue weighted by atomic mass is 10.1. The van der Waals surface area contributed by atoms with Gasteiger partial charge in [0.1, 0.15) is 17.9 Å². The number of hydrogen-bond acceptors (Lipinski definition) is 6. The molecule has 0 aromatic rings. The number of carbonyl (C=O) groups is 1. The lowest BCUT2D eigenvalue weighted by molar-refractivity contribution is -0.175. The van der Waals surface area contributed by atoms with Crippen LogP contribution in [0.25, 0.3) is 0 Å². The Morgan fingerprint density at radius 2 is 1.71 bits per heavy atom. The van der Waals surface area contributed by atoms with Gasteiger partial charge < -0.3 is 25.8 Å². The topological polar surface area (TPSA) is 113 Å². The molecule has 0 saturated carbocycles. The van der Waals surface area contributed by atoms with Crippen LogP contribution in [0.5, 0.6) is 0 Å². The van der Waals surface area contributed by atoms with Crippen LogP contribution in [0.3, 0.4) is 0 Å². The van der Waals surface area contributed by atoms with Gasteiger partial charge in [0.15, 0.2) is 6.10 Å². The van der Waals surface area contributed by atoms with Gasteiger partial charge in [-0.2, -0.15) is 0 Å². The standard InChI is InChI=1S/C8H17NO5/c1-8(2,3)14-7(13)5(11)4(10)6(9)12/h4-6,10-12H,9H2,1-3H3. The molecule has 0 radical (unpaired) electrons. The van der Waals surface area contributed by atoms with Gasteiger partial charge in [0.2, 0.25) is 0 Å². The minimum absolute atomic E-state index is 0.767. The average Bonchev–Trinajstić information content (AvgIpc) is 1.98. The molecule has 0 aliphatic carbocycles. The van der Waals surface area contributed by atoms with Gasteiger partial charge in [0.25, 0.3) is 0 Å². The fourth-order valence-corrected chi connectivity index (χ4v) is 0.688. The monoisotopic (exact) mass is 207 g/mol. The van der Waals surface area contributed by atoms with Crippen molar-refractivity contribution in [1.29, 1.82) is 0 Å². The maximum Gasteiger partial charge on any atom is 0.338 e. The smallest absolute Gasteiger partial charge is 0.338 e. The fourth-order valence-electron chi connectivity index (χ4n) is 0.688. The first-order valence-corrected chi connectivity index (χ1v) is 4.18. The molecule has 6 heteroatoms. The lowest BCUT2D eigenvalue weighted by Gasteiger charge is -2.24. The molecule has 0 amide bonds. The maximum atomic E-state index is 11.1. The zero-order valence-electron chi connectivity index (χ0n) is 8.47. The Morgan fingerprint density at radius 1 is 1.29 bits per heavy atom. The summed E-state index contributed by atoms with van der Waals surface area (Å²) in [5, 5.41) is 26.9. The molecule has 0 fully saturated rings. The molecule has 0 spiro atoms. The minimum Gasteiger partial charge on any atom is -0.458 e. The van der Waals surface area contributed by atoms with Crippen molar-refractivity contribution in [3.8, 4) is 0 Å². The fraction of sp³-hybridized carbons (Fsp3) is 0.875. The normalized spacial score (nSPS) is 18.5. The Hall–Kier alpha value is -0.690. The van der Waals surface area contributed by atoms with Gasteiger partial charge in [0, 0.05) is 0 Å². The van der Waals surface area contributed by atoms with Crippen LogP contribution >= 0.6 is 0 Å². The molecule has 0 aliphatic heterocycles. The Balaban J connectivity index is 4.26. The molecule has 0 aromatic carbocycles. The Bertz CT molecular complexity index is 198.